The van der Waals surface area contributed by atoms with Crippen LogP contribution in [0.1, 0.15) is 65.2 Å². The first kappa shape index (κ1) is 32.0. The molecule has 3 aliphatic rings. The number of hydrogen-bond donors (Lipinski definition) is 0. The second-order valence-electron chi connectivity index (χ2n) is 10.7. The molecule has 0 bridgehead atoms. The highest BCUT2D eigenvalue weighted by Crippen LogP contribution is 2.27. The van der Waals surface area contributed by atoms with Crippen molar-refractivity contribution in [3.8, 4) is 0 Å². The molecule has 0 saturated carbocycles. The van der Waals surface area contributed by atoms with Crippen molar-refractivity contribution < 1.29 is 24.0 Å². The molecule has 228 valence electrons. The summed E-state index contributed by atoms with van der Waals surface area (Å²) in [4.78, 5) is 60.9. The molecule has 3 aliphatic heterocycles. The first-order chi connectivity index (χ1) is 21.3. The van der Waals surface area contributed by atoms with Crippen LogP contribution in [0.5, 0.6) is 0 Å². The van der Waals surface area contributed by atoms with E-state index in [4.69, 9.17) is 0 Å². The molecule has 2 unspecified atom stereocenters. The molecule has 0 N–H and O–H groups in total. The summed E-state index contributed by atoms with van der Waals surface area (Å²) in [5.74, 6) is -2.57. The number of nitrogens with zero attached hydrogens (tertiary/aromatic N) is 6. The van der Waals surface area contributed by atoms with Crippen LogP contribution in [0, 0.1) is 11.8 Å². The van der Waals surface area contributed by atoms with Gasteiger partial charge in [-0.25, -0.2) is 0 Å². The van der Waals surface area contributed by atoms with Gasteiger partial charge in [0.15, 0.2) is 11.6 Å². The third-order valence-corrected chi connectivity index (χ3v) is 7.44. The van der Waals surface area contributed by atoms with Crippen molar-refractivity contribution in [1.82, 2.24) is 0 Å². The maximum atomic E-state index is 12.8. The van der Waals surface area contributed by atoms with Gasteiger partial charge in [-0.15, -0.1) is 5.11 Å². The van der Waals surface area contributed by atoms with E-state index in [1.165, 1.54) is 22.3 Å². The number of amides is 3. The van der Waals surface area contributed by atoms with Crippen LogP contribution in [-0.4, -0.2) is 40.7 Å². The number of carbonyl (C=O) groups excluding carboxylic acids is 5. The zero-order chi connectivity index (χ0) is 31.5. The second kappa shape index (κ2) is 15.5. The van der Waals surface area contributed by atoms with Crippen LogP contribution in [-0.2, 0) is 24.0 Å². The molecule has 2 aromatic rings. The summed E-state index contributed by atoms with van der Waals surface area (Å²) < 4.78 is 0. The zero-order valence-electron chi connectivity index (χ0n) is 25.0. The molecular formula is C33H36N6O5. The van der Waals surface area contributed by atoms with E-state index in [0.717, 1.165) is 38.5 Å². The summed E-state index contributed by atoms with van der Waals surface area (Å²) in [5.41, 5.74) is 2.42. The van der Waals surface area contributed by atoms with Crippen molar-refractivity contribution in [3.63, 3.8) is 0 Å². The summed E-state index contributed by atoms with van der Waals surface area (Å²) in [6.07, 6.45) is 8.50. The molecule has 11 nitrogen and oxygen atoms in total. The molecule has 2 aromatic carbocycles. The summed E-state index contributed by atoms with van der Waals surface area (Å²) >= 11 is 0. The molecule has 2 atom stereocenters. The highest BCUT2D eigenvalue weighted by Gasteiger charge is 2.40. The van der Waals surface area contributed by atoms with Gasteiger partial charge in [0, 0.05) is 18.9 Å². The lowest BCUT2D eigenvalue weighted by Crippen LogP contribution is -2.32. The maximum Gasteiger partial charge on any atom is 0.289 e. The van der Waals surface area contributed by atoms with Crippen LogP contribution in [0.15, 0.2) is 93.4 Å². The molecule has 0 aromatic heterocycles. The number of unbranched alkanes of at least 4 members (excludes halogenated alkanes) is 5. The number of Topliss-reactive ketones (excluding diaryl/α,β-unsaturated/α-hetero) is 2. The molecule has 0 spiro atoms. The number of para-hydroxylation sites is 2. The van der Waals surface area contributed by atoms with Gasteiger partial charge in [-0.2, -0.15) is 25.3 Å². The normalized spacial score (nSPS) is 18.8. The Morgan fingerprint density at radius 2 is 1.05 bits per heavy atom. The highest BCUT2D eigenvalue weighted by molar-refractivity contribution is 6.27. The van der Waals surface area contributed by atoms with E-state index >= 15 is 0 Å². The first-order valence-electron chi connectivity index (χ1n) is 14.8. The van der Waals surface area contributed by atoms with Gasteiger partial charge < -0.3 is 0 Å². The van der Waals surface area contributed by atoms with Crippen LogP contribution in [0.4, 0.5) is 11.4 Å². The molecule has 0 radical (unpaired) electrons. The van der Waals surface area contributed by atoms with Crippen molar-refractivity contribution in [2.75, 3.05) is 10.0 Å². The summed E-state index contributed by atoms with van der Waals surface area (Å²) in [6, 6.07) is 18.3. The Morgan fingerprint density at radius 3 is 1.39 bits per heavy atom. The van der Waals surface area contributed by atoms with Crippen LogP contribution >= 0.6 is 0 Å². The Kier molecular flexibility index (Phi) is 11.3. The lowest BCUT2D eigenvalue weighted by molar-refractivity contribution is -0.130. The number of azo groups is 1. The van der Waals surface area contributed by atoms with Crippen LogP contribution in [0.25, 0.3) is 0 Å². The second-order valence-corrected chi connectivity index (χ2v) is 10.7. The lowest BCUT2D eigenvalue weighted by Gasteiger charge is -2.14. The summed E-state index contributed by atoms with van der Waals surface area (Å²) in [5, 5.41) is 17.6. The third kappa shape index (κ3) is 8.12. The van der Waals surface area contributed by atoms with Gasteiger partial charge in [-0.05, 0) is 51.0 Å². The minimum Gasteiger partial charge on any atom is -0.298 e. The maximum absolute atomic E-state index is 12.8. The molecule has 3 heterocycles. The van der Waals surface area contributed by atoms with Crippen molar-refractivity contribution >= 4 is 52.1 Å². The number of ketones is 2. The number of carbonyl (C=O) groups is 5. The number of hydrogen-bond acceptors (Lipinski definition) is 8. The van der Waals surface area contributed by atoms with Gasteiger partial charge >= 0.3 is 0 Å². The van der Waals surface area contributed by atoms with Gasteiger partial charge in [-0.3, -0.25) is 24.0 Å². The minimum absolute atomic E-state index is 0.0805. The molecule has 3 amide bonds. The van der Waals surface area contributed by atoms with Gasteiger partial charge in [-0.1, -0.05) is 62.1 Å². The molecule has 5 rings (SSSR count). The molecule has 11 heteroatoms. The SMILES string of the molecule is CC1=NN(c2ccccc2)C(=O)C1C(=O)CCCCCCCCC(=O)C1C(=O)N(c2ccccc2)N=C1C.O=C1C=CN=N1. The predicted molar refractivity (Wildman–Crippen MR) is 167 cm³/mol. The van der Waals surface area contributed by atoms with E-state index in [1.807, 2.05) is 36.4 Å². The summed E-state index contributed by atoms with van der Waals surface area (Å²) in [7, 11) is 0. The first-order valence-corrected chi connectivity index (χ1v) is 14.8. The molecular weight excluding hydrogens is 560 g/mol. The Labute approximate surface area is 256 Å². The quantitative estimate of drug-likeness (QED) is 0.212. The van der Waals surface area contributed by atoms with Gasteiger partial charge in [0.05, 0.1) is 29.0 Å². The fraction of sp³-hybridized carbons (Fsp3) is 0.364. The van der Waals surface area contributed by atoms with Gasteiger partial charge in [0.25, 0.3) is 17.7 Å². The third-order valence-electron chi connectivity index (χ3n) is 7.44. The van der Waals surface area contributed by atoms with Gasteiger partial charge in [0.2, 0.25) is 0 Å². The predicted octanol–water partition coefficient (Wildman–Crippen LogP) is 5.82. The van der Waals surface area contributed by atoms with Crippen molar-refractivity contribution in [2.24, 2.45) is 32.3 Å². The van der Waals surface area contributed by atoms with Crippen molar-refractivity contribution in [3.05, 3.63) is 72.9 Å². The Morgan fingerprint density at radius 1 is 0.636 bits per heavy atom. The number of anilines is 2. The Bertz CT molecular complexity index is 1390. The largest absolute Gasteiger partial charge is 0.298 e. The van der Waals surface area contributed by atoms with E-state index in [0.29, 0.717) is 35.6 Å². The van der Waals surface area contributed by atoms with E-state index in [1.54, 1.807) is 38.1 Å². The van der Waals surface area contributed by atoms with Crippen LogP contribution in [0.3, 0.4) is 0 Å². The standard InChI is InChI=1S/C30H34N4O4.C3H2N2O/c1-21-27(29(37)33(31-21)23-15-9-7-10-16-23)25(35)19-13-5-3-4-6-14-20-26(36)28-22(2)32-34(30(28)38)24-17-11-8-12-18-24;6-3-1-2-4-5-3/h7-12,15-18,27-28H,3-6,13-14,19-20H2,1-2H3;1-2H. The van der Waals surface area contributed by atoms with E-state index in [9.17, 15) is 24.0 Å². The van der Waals surface area contributed by atoms with E-state index in [-0.39, 0.29) is 29.3 Å². The van der Waals surface area contributed by atoms with Crippen LogP contribution in [0.2, 0.25) is 0 Å². The number of benzene rings is 2. The fourth-order valence-corrected chi connectivity index (χ4v) is 5.20. The average molecular weight is 597 g/mol. The fourth-order valence-electron chi connectivity index (χ4n) is 5.20. The lowest BCUT2D eigenvalue weighted by atomic mass is 9.94. The smallest absolute Gasteiger partial charge is 0.289 e. The Balaban J connectivity index is 0.000000657. The molecule has 0 fully saturated rings. The Hall–Kier alpha value is -4.93. The van der Waals surface area contributed by atoms with Crippen molar-refractivity contribution in [2.45, 2.75) is 65.2 Å². The number of rotatable bonds is 13. The average Bonchev–Trinajstić information content (AvgIpc) is 3.71. The molecule has 44 heavy (non-hydrogen) atoms. The topological polar surface area (TPSA) is 141 Å². The summed E-state index contributed by atoms with van der Waals surface area (Å²) in [6.45, 7) is 3.47. The monoisotopic (exact) mass is 596 g/mol. The molecule has 0 saturated heterocycles. The highest BCUT2D eigenvalue weighted by atomic mass is 16.2. The van der Waals surface area contributed by atoms with E-state index in [2.05, 4.69) is 20.4 Å². The van der Waals surface area contributed by atoms with E-state index < -0.39 is 11.8 Å². The van der Waals surface area contributed by atoms with Gasteiger partial charge in [0.1, 0.15) is 11.8 Å². The zero-order valence-corrected chi connectivity index (χ0v) is 25.0. The minimum atomic E-state index is -0.788. The van der Waals surface area contributed by atoms with Crippen LogP contribution < -0.4 is 10.0 Å². The number of hydrazone groups is 2. The van der Waals surface area contributed by atoms with Crippen molar-refractivity contribution in [1.29, 1.82) is 0 Å². The molecule has 0 aliphatic carbocycles.